The van der Waals surface area contributed by atoms with Gasteiger partial charge in [0.1, 0.15) is 17.5 Å². The Kier molecular flexibility index (Phi) is 5.16. The molecule has 0 aliphatic carbocycles. The van der Waals surface area contributed by atoms with Gasteiger partial charge in [0, 0.05) is 4.47 Å². The molecule has 0 saturated heterocycles. The minimum atomic E-state index is -1.10. The molecule has 2 N–H and O–H groups in total. The van der Waals surface area contributed by atoms with Crippen LogP contribution in [0.4, 0.5) is 0 Å². The molecule has 114 valence electrons. The van der Waals surface area contributed by atoms with Crippen molar-refractivity contribution in [3.8, 4) is 11.5 Å². The first-order valence-corrected chi connectivity index (χ1v) is 7.33. The molecule has 0 aromatic heterocycles. The van der Waals surface area contributed by atoms with Crippen molar-refractivity contribution < 1.29 is 19.4 Å². The quantitative estimate of drug-likeness (QED) is 0.852. The first-order chi connectivity index (χ1) is 10.5. The summed E-state index contributed by atoms with van der Waals surface area (Å²) in [5.41, 5.74) is 0.274. The van der Waals surface area contributed by atoms with Crippen LogP contribution in [0.5, 0.6) is 11.5 Å². The molecule has 0 fully saturated rings. The molecule has 5 nitrogen and oxygen atoms in total. The van der Waals surface area contributed by atoms with Crippen LogP contribution in [-0.2, 0) is 4.79 Å². The molecule has 0 aliphatic heterocycles. The Labute approximate surface area is 136 Å². The third kappa shape index (κ3) is 4.08. The molecule has 0 unspecified atom stereocenters. The van der Waals surface area contributed by atoms with Crippen molar-refractivity contribution in [1.82, 2.24) is 5.32 Å². The Hall–Kier alpha value is -2.34. The molecule has 0 saturated carbocycles. The summed E-state index contributed by atoms with van der Waals surface area (Å²) >= 11 is 3.35. The van der Waals surface area contributed by atoms with Gasteiger partial charge in [0.05, 0.1) is 5.56 Å². The highest BCUT2D eigenvalue weighted by Gasteiger charge is 2.18. The number of carboxylic acids is 1. The summed E-state index contributed by atoms with van der Waals surface area (Å²) in [6.45, 7) is 1.40. The first kappa shape index (κ1) is 16.0. The summed E-state index contributed by atoms with van der Waals surface area (Å²) in [7, 11) is 0. The fourth-order valence-corrected chi connectivity index (χ4v) is 2.12. The summed E-state index contributed by atoms with van der Waals surface area (Å²) in [5, 5.41) is 11.3. The number of carboxylic acid groups (broad SMARTS) is 1. The fourth-order valence-electron chi connectivity index (χ4n) is 1.74. The predicted molar refractivity (Wildman–Crippen MR) is 85.2 cm³/mol. The zero-order valence-electron chi connectivity index (χ0n) is 11.7. The van der Waals surface area contributed by atoms with E-state index in [1.165, 1.54) is 6.92 Å². The van der Waals surface area contributed by atoms with E-state index < -0.39 is 17.9 Å². The topological polar surface area (TPSA) is 75.6 Å². The molecule has 2 aromatic carbocycles. The number of aliphatic carboxylic acids is 1. The fraction of sp³-hybridized carbons (Fsp3) is 0.125. The second-order valence-corrected chi connectivity index (χ2v) is 5.50. The molecular weight excluding hydrogens is 350 g/mol. The summed E-state index contributed by atoms with van der Waals surface area (Å²) in [6.07, 6.45) is 0. The lowest BCUT2D eigenvalue weighted by Crippen LogP contribution is -2.38. The smallest absolute Gasteiger partial charge is 0.325 e. The SMILES string of the molecule is C[C@H](NC(=O)c1ccccc1Oc1cccc(Br)c1)C(=O)O. The number of rotatable bonds is 5. The Bertz CT molecular complexity index is 702. The minimum Gasteiger partial charge on any atom is -0.480 e. The van der Waals surface area contributed by atoms with Gasteiger partial charge in [0.2, 0.25) is 0 Å². The van der Waals surface area contributed by atoms with Gasteiger partial charge in [-0.3, -0.25) is 9.59 Å². The maximum atomic E-state index is 12.2. The highest BCUT2D eigenvalue weighted by atomic mass is 79.9. The van der Waals surface area contributed by atoms with E-state index in [4.69, 9.17) is 9.84 Å². The second-order valence-electron chi connectivity index (χ2n) is 4.59. The number of para-hydroxylation sites is 1. The highest BCUT2D eigenvalue weighted by molar-refractivity contribution is 9.10. The van der Waals surface area contributed by atoms with Crippen LogP contribution in [0.25, 0.3) is 0 Å². The molecular formula is C16H14BrNO4. The Morgan fingerprint density at radius 2 is 1.91 bits per heavy atom. The van der Waals surface area contributed by atoms with Crippen LogP contribution in [0.15, 0.2) is 53.0 Å². The van der Waals surface area contributed by atoms with Crippen molar-refractivity contribution >= 4 is 27.8 Å². The first-order valence-electron chi connectivity index (χ1n) is 6.53. The molecule has 0 radical (unpaired) electrons. The van der Waals surface area contributed by atoms with Crippen molar-refractivity contribution in [3.63, 3.8) is 0 Å². The number of hydrogen-bond acceptors (Lipinski definition) is 3. The average Bonchev–Trinajstić information content (AvgIpc) is 2.47. The van der Waals surface area contributed by atoms with Crippen LogP contribution in [0, 0.1) is 0 Å². The van der Waals surface area contributed by atoms with Crippen molar-refractivity contribution in [3.05, 3.63) is 58.6 Å². The molecule has 1 atom stereocenters. The molecule has 2 rings (SSSR count). The lowest BCUT2D eigenvalue weighted by molar-refractivity contribution is -0.138. The van der Waals surface area contributed by atoms with Crippen molar-refractivity contribution in [1.29, 1.82) is 0 Å². The molecule has 22 heavy (non-hydrogen) atoms. The summed E-state index contributed by atoms with van der Waals surface area (Å²) in [4.78, 5) is 23.0. The van der Waals surface area contributed by atoms with Crippen LogP contribution in [0.2, 0.25) is 0 Å². The van der Waals surface area contributed by atoms with E-state index >= 15 is 0 Å². The summed E-state index contributed by atoms with van der Waals surface area (Å²) in [5.74, 6) is -0.671. The number of benzene rings is 2. The van der Waals surface area contributed by atoms with E-state index in [0.717, 1.165) is 4.47 Å². The van der Waals surface area contributed by atoms with E-state index in [1.54, 1.807) is 36.4 Å². The van der Waals surface area contributed by atoms with Gasteiger partial charge < -0.3 is 15.2 Å². The van der Waals surface area contributed by atoms with Gasteiger partial charge >= 0.3 is 5.97 Å². The maximum absolute atomic E-state index is 12.2. The maximum Gasteiger partial charge on any atom is 0.325 e. The largest absolute Gasteiger partial charge is 0.480 e. The van der Waals surface area contributed by atoms with Crippen molar-refractivity contribution in [2.45, 2.75) is 13.0 Å². The van der Waals surface area contributed by atoms with Gasteiger partial charge in [0.15, 0.2) is 0 Å². The number of amides is 1. The van der Waals surface area contributed by atoms with Crippen molar-refractivity contribution in [2.24, 2.45) is 0 Å². The van der Waals surface area contributed by atoms with Gasteiger partial charge in [-0.2, -0.15) is 0 Å². The number of nitrogens with one attached hydrogen (secondary N) is 1. The zero-order chi connectivity index (χ0) is 16.1. The van der Waals surface area contributed by atoms with Gasteiger partial charge in [-0.15, -0.1) is 0 Å². The normalized spacial score (nSPS) is 11.5. The number of halogens is 1. The molecule has 0 aliphatic rings. The molecule has 6 heteroatoms. The van der Waals surface area contributed by atoms with Crippen LogP contribution in [-0.4, -0.2) is 23.0 Å². The number of hydrogen-bond donors (Lipinski definition) is 2. The van der Waals surface area contributed by atoms with E-state index in [0.29, 0.717) is 11.5 Å². The lowest BCUT2D eigenvalue weighted by Gasteiger charge is -2.13. The number of carbonyl (C=O) groups excluding carboxylic acids is 1. The Balaban J connectivity index is 2.23. The van der Waals surface area contributed by atoms with E-state index in [2.05, 4.69) is 21.2 Å². The molecule has 0 heterocycles. The second kappa shape index (κ2) is 7.09. The monoisotopic (exact) mass is 363 g/mol. The third-order valence-corrected chi connectivity index (χ3v) is 3.37. The molecule has 0 bridgehead atoms. The lowest BCUT2D eigenvalue weighted by atomic mass is 10.1. The minimum absolute atomic E-state index is 0.274. The van der Waals surface area contributed by atoms with Gasteiger partial charge in [0.25, 0.3) is 5.91 Å². The van der Waals surface area contributed by atoms with E-state index in [9.17, 15) is 9.59 Å². The molecule has 1 amide bonds. The third-order valence-electron chi connectivity index (χ3n) is 2.87. The highest BCUT2D eigenvalue weighted by Crippen LogP contribution is 2.27. The summed E-state index contributed by atoms with van der Waals surface area (Å²) < 4.78 is 6.57. The number of carbonyl (C=O) groups is 2. The van der Waals surface area contributed by atoms with Crippen LogP contribution in [0.1, 0.15) is 17.3 Å². The summed E-state index contributed by atoms with van der Waals surface area (Å²) in [6, 6.07) is 12.9. The van der Waals surface area contributed by atoms with E-state index in [1.807, 2.05) is 12.1 Å². The molecule has 2 aromatic rings. The Morgan fingerprint density at radius 1 is 1.18 bits per heavy atom. The Morgan fingerprint density at radius 3 is 2.59 bits per heavy atom. The standard InChI is InChI=1S/C16H14BrNO4/c1-10(16(20)21)18-15(19)13-7-2-3-8-14(13)22-12-6-4-5-11(17)9-12/h2-10H,1H3,(H,18,19)(H,20,21)/t10-/m0/s1. The van der Waals surface area contributed by atoms with Gasteiger partial charge in [-0.25, -0.2) is 0 Å². The van der Waals surface area contributed by atoms with Gasteiger partial charge in [-0.1, -0.05) is 34.1 Å². The van der Waals surface area contributed by atoms with Crippen LogP contribution < -0.4 is 10.1 Å². The van der Waals surface area contributed by atoms with E-state index in [-0.39, 0.29) is 5.56 Å². The average molecular weight is 364 g/mol. The van der Waals surface area contributed by atoms with Crippen LogP contribution in [0.3, 0.4) is 0 Å². The molecule has 0 spiro atoms. The van der Waals surface area contributed by atoms with Crippen molar-refractivity contribution in [2.75, 3.05) is 0 Å². The number of ether oxygens (including phenoxy) is 1. The zero-order valence-corrected chi connectivity index (χ0v) is 13.3. The van der Waals surface area contributed by atoms with Crippen LogP contribution >= 0.6 is 15.9 Å². The predicted octanol–water partition coefficient (Wildman–Crippen LogP) is 3.44. The van der Waals surface area contributed by atoms with Gasteiger partial charge in [-0.05, 0) is 37.3 Å².